The van der Waals surface area contributed by atoms with Gasteiger partial charge in [0.1, 0.15) is 0 Å². The predicted octanol–water partition coefficient (Wildman–Crippen LogP) is 4.11. The van der Waals surface area contributed by atoms with Crippen LogP contribution in [-0.2, 0) is 4.79 Å². The number of nitrogens with zero attached hydrogens (tertiary/aromatic N) is 1. The van der Waals surface area contributed by atoms with E-state index in [2.05, 4.69) is 36.4 Å². The van der Waals surface area contributed by atoms with Crippen molar-refractivity contribution in [1.29, 1.82) is 0 Å². The fourth-order valence-electron chi connectivity index (χ4n) is 2.02. The minimum Gasteiger partial charge on any atom is -0.309 e. The molecule has 114 valence electrons. The van der Waals surface area contributed by atoms with E-state index in [-0.39, 0.29) is 11.9 Å². The molecule has 1 heterocycles. The summed E-state index contributed by atoms with van der Waals surface area (Å²) < 4.78 is 0. The summed E-state index contributed by atoms with van der Waals surface area (Å²) in [4.78, 5) is 16.2. The number of amides is 1. The molecule has 0 fully saturated rings. The van der Waals surface area contributed by atoms with Crippen molar-refractivity contribution in [2.75, 3.05) is 11.9 Å². The van der Waals surface area contributed by atoms with Crippen LogP contribution in [0.4, 0.5) is 5.13 Å². The number of carbonyl (C=O) groups excluding carboxylic acids is 1. The Labute approximate surface area is 126 Å². The van der Waals surface area contributed by atoms with Crippen molar-refractivity contribution in [3.8, 4) is 0 Å². The molecule has 0 aliphatic rings. The number of hydrogen-bond acceptors (Lipinski definition) is 4. The third kappa shape index (κ3) is 6.48. The first-order valence-corrected chi connectivity index (χ1v) is 8.54. The predicted molar refractivity (Wildman–Crippen MR) is 86.2 cm³/mol. The van der Waals surface area contributed by atoms with Crippen LogP contribution < -0.4 is 10.6 Å². The molecule has 0 saturated carbocycles. The zero-order valence-electron chi connectivity index (χ0n) is 12.9. The molecule has 0 aromatic carbocycles. The summed E-state index contributed by atoms with van der Waals surface area (Å²) in [5.74, 6) is 0.0819. The van der Waals surface area contributed by atoms with E-state index in [9.17, 15) is 4.79 Å². The van der Waals surface area contributed by atoms with Crippen LogP contribution in [0.25, 0.3) is 0 Å². The van der Waals surface area contributed by atoms with Crippen molar-refractivity contribution in [2.45, 2.75) is 65.3 Å². The lowest BCUT2D eigenvalue weighted by atomic mass is 10.1. The van der Waals surface area contributed by atoms with E-state index in [1.807, 2.05) is 5.38 Å². The number of hydrogen-bond donors (Lipinski definition) is 2. The molecule has 1 aromatic heterocycles. The quantitative estimate of drug-likeness (QED) is 0.639. The molecule has 1 aromatic rings. The topological polar surface area (TPSA) is 54.0 Å². The number of thiazole rings is 1. The monoisotopic (exact) mass is 297 g/mol. The zero-order valence-corrected chi connectivity index (χ0v) is 13.7. The van der Waals surface area contributed by atoms with Gasteiger partial charge in [0.25, 0.3) is 0 Å². The minimum atomic E-state index is 0.0819. The van der Waals surface area contributed by atoms with Gasteiger partial charge in [-0.3, -0.25) is 4.79 Å². The summed E-state index contributed by atoms with van der Waals surface area (Å²) in [7, 11) is 0. The molecule has 1 rings (SSSR count). The molecule has 0 radical (unpaired) electrons. The van der Waals surface area contributed by atoms with Crippen LogP contribution in [0, 0.1) is 0 Å². The first-order chi connectivity index (χ1) is 9.67. The van der Waals surface area contributed by atoms with E-state index < -0.39 is 0 Å². The fourth-order valence-corrected chi connectivity index (χ4v) is 2.84. The van der Waals surface area contributed by atoms with Crippen LogP contribution in [0.5, 0.6) is 0 Å². The molecule has 2 N–H and O–H groups in total. The second-order valence-electron chi connectivity index (χ2n) is 5.07. The highest BCUT2D eigenvalue weighted by Crippen LogP contribution is 2.20. The minimum absolute atomic E-state index is 0.0819. The summed E-state index contributed by atoms with van der Waals surface area (Å²) in [6, 6.07) is 0.232. The number of unbranched alkanes of at least 4 members (excludes halogenated alkanes) is 4. The molecule has 0 spiro atoms. The average Bonchev–Trinajstić information content (AvgIpc) is 2.87. The van der Waals surface area contributed by atoms with Gasteiger partial charge in [-0.1, -0.05) is 39.5 Å². The molecule has 0 saturated heterocycles. The van der Waals surface area contributed by atoms with Crippen molar-refractivity contribution >= 4 is 22.4 Å². The van der Waals surface area contributed by atoms with Gasteiger partial charge in [-0.05, 0) is 19.9 Å². The smallest absolute Gasteiger partial charge is 0.226 e. The Kier molecular flexibility index (Phi) is 8.46. The maximum atomic E-state index is 11.8. The molecule has 0 aliphatic carbocycles. The third-order valence-corrected chi connectivity index (χ3v) is 4.01. The Hall–Kier alpha value is -0.940. The summed E-state index contributed by atoms with van der Waals surface area (Å²) in [5.41, 5.74) is 0.995. The SMILES string of the molecule is CCCCCCCC(=O)Nc1nc(C(C)NCC)cs1. The van der Waals surface area contributed by atoms with Gasteiger partial charge in [0, 0.05) is 17.8 Å². The maximum Gasteiger partial charge on any atom is 0.226 e. The van der Waals surface area contributed by atoms with Gasteiger partial charge in [-0.15, -0.1) is 11.3 Å². The van der Waals surface area contributed by atoms with Crippen molar-refractivity contribution < 1.29 is 4.79 Å². The molecule has 4 nitrogen and oxygen atoms in total. The van der Waals surface area contributed by atoms with Crippen LogP contribution in [0.15, 0.2) is 5.38 Å². The van der Waals surface area contributed by atoms with E-state index in [4.69, 9.17) is 0 Å². The standard InChI is InChI=1S/C15H27N3OS/c1-4-6-7-8-9-10-14(19)18-15-17-13(11-20-15)12(3)16-5-2/h11-12,16H,4-10H2,1-3H3,(H,17,18,19). The number of rotatable bonds is 10. The third-order valence-electron chi connectivity index (χ3n) is 3.23. The van der Waals surface area contributed by atoms with Crippen molar-refractivity contribution in [3.05, 3.63) is 11.1 Å². The van der Waals surface area contributed by atoms with Crippen molar-refractivity contribution in [1.82, 2.24) is 10.3 Å². The normalized spacial score (nSPS) is 12.3. The van der Waals surface area contributed by atoms with Crippen LogP contribution in [0.2, 0.25) is 0 Å². The Balaban J connectivity index is 2.28. The van der Waals surface area contributed by atoms with Crippen molar-refractivity contribution in [3.63, 3.8) is 0 Å². The van der Waals surface area contributed by atoms with E-state index in [1.165, 1.54) is 30.6 Å². The number of carbonyl (C=O) groups is 1. The van der Waals surface area contributed by atoms with Gasteiger partial charge in [0.2, 0.25) is 5.91 Å². The molecule has 1 amide bonds. The Bertz CT molecular complexity index is 392. The average molecular weight is 297 g/mol. The van der Waals surface area contributed by atoms with Gasteiger partial charge in [-0.25, -0.2) is 4.98 Å². The second kappa shape index (κ2) is 9.88. The Morgan fingerprint density at radius 3 is 2.75 bits per heavy atom. The summed E-state index contributed by atoms with van der Waals surface area (Å²) in [6.45, 7) is 7.27. The van der Waals surface area contributed by atoms with E-state index >= 15 is 0 Å². The Morgan fingerprint density at radius 2 is 2.05 bits per heavy atom. The lowest BCUT2D eigenvalue weighted by Gasteiger charge is -2.08. The van der Waals surface area contributed by atoms with Crippen LogP contribution in [-0.4, -0.2) is 17.4 Å². The van der Waals surface area contributed by atoms with Crippen LogP contribution >= 0.6 is 11.3 Å². The first-order valence-electron chi connectivity index (χ1n) is 7.66. The lowest BCUT2D eigenvalue weighted by Crippen LogP contribution is -2.18. The van der Waals surface area contributed by atoms with Crippen molar-refractivity contribution in [2.24, 2.45) is 0 Å². The highest BCUT2D eigenvalue weighted by molar-refractivity contribution is 7.13. The lowest BCUT2D eigenvalue weighted by molar-refractivity contribution is -0.116. The fraction of sp³-hybridized carbons (Fsp3) is 0.733. The van der Waals surface area contributed by atoms with E-state index in [1.54, 1.807) is 0 Å². The molecule has 1 unspecified atom stereocenters. The molecule has 1 atom stereocenters. The molecule has 5 heteroatoms. The summed E-state index contributed by atoms with van der Waals surface area (Å²) in [6.07, 6.45) is 6.43. The second-order valence-corrected chi connectivity index (χ2v) is 5.93. The molecule has 20 heavy (non-hydrogen) atoms. The first kappa shape index (κ1) is 17.1. The van der Waals surface area contributed by atoms with Gasteiger partial charge >= 0.3 is 0 Å². The van der Waals surface area contributed by atoms with E-state index in [0.29, 0.717) is 11.6 Å². The molecular weight excluding hydrogens is 270 g/mol. The highest BCUT2D eigenvalue weighted by atomic mass is 32.1. The van der Waals surface area contributed by atoms with Crippen LogP contribution in [0.3, 0.4) is 0 Å². The molecular formula is C15H27N3OS. The van der Waals surface area contributed by atoms with E-state index in [0.717, 1.165) is 25.1 Å². The van der Waals surface area contributed by atoms with Gasteiger partial charge in [0.05, 0.1) is 5.69 Å². The van der Waals surface area contributed by atoms with Gasteiger partial charge in [-0.2, -0.15) is 0 Å². The summed E-state index contributed by atoms with van der Waals surface area (Å²) in [5, 5.41) is 8.92. The van der Waals surface area contributed by atoms with Gasteiger partial charge in [0.15, 0.2) is 5.13 Å². The zero-order chi connectivity index (χ0) is 14.8. The summed E-state index contributed by atoms with van der Waals surface area (Å²) >= 11 is 1.50. The number of nitrogens with one attached hydrogen (secondary N) is 2. The number of anilines is 1. The highest BCUT2D eigenvalue weighted by Gasteiger charge is 2.10. The van der Waals surface area contributed by atoms with Gasteiger partial charge < -0.3 is 10.6 Å². The van der Waals surface area contributed by atoms with Crippen LogP contribution in [0.1, 0.15) is 71.0 Å². The number of aromatic nitrogens is 1. The maximum absolute atomic E-state index is 11.8. The molecule has 0 bridgehead atoms. The largest absolute Gasteiger partial charge is 0.309 e. The Morgan fingerprint density at radius 1 is 1.30 bits per heavy atom. The molecule has 0 aliphatic heterocycles.